The largest absolute Gasteiger partial charge is 0.463 e. The fourth-order valence-corrected chi connectivity index (χ4v) is 5.15. The van der Waals surface area contributed by atoms with Crippen LogP contribution in [-0.2, 0) is 85.7 Å². The first-order valence-corrected chi connectivity index (χ1v) is 14.8. The van der Waals surface area contributed by atoms with E-state index in [2.05, 4.69) is 5.32 Å². The number of rotatable bonds is 13. The van der Waals surface area contributed by atoms with E-state index in [1.807, 2.05) is 0 Å². The van der Waals surface area contributed by atoms with Gasteiger partial charge in [0.25, 0.3) is 0 Å². The molecule has 11 atom stereocenters. The first kappa shape index (κ1) is 40.8. The monoisotopic (exact) mass is 707 g/mol. The molecule has 0 aliphatic carbocycles. The molecule has 20 heteroatoms. The van der Waals surface area contributed by atoms with Gasteiger partial charge in [-0.2, -0.15) is 0 Å². The molecule has 2 aliphatic heterocycles. The van der Waals surface area contributed by atoms with Gasteiger partial charge in [0.1, 0.15) is 24.9 Å². The van der Waals surface area contributed by atoms with E-state index in [1.54, 1.807) is 0 Å². The molecule has 0 radical (unpaired) electrons. The summed E-state index contributed by atoms with van der Waals surface area (Å²) in [5.74, 6) is -6.84. The summed E-state index contributed by atoms with van der Waals surface area (Å²) in [5.41, 5.74) is 0. The van der Waals surface area contributed by atoms with E-state index in [0.29, 0.717) is 0 Å². The Morgan fingerprint density at radius 1 is 0.612 bits per heavy atom. The maximum absolute atomic E-state index is 12.3. The summed E-state index contributed by atoms with van der Waals surface area (Å²) in [5, 5.41) is 13.3. The summed E-state index contributed by atoms with van der Waals surface area (Å²) < 4.78 is 54.4. The SMILES string of the molecule is CC(=O)NC1C(OCC(OC(C)=O)C2OC(O)C(OC(C)=O)C(OC(C)=O)C2OC(C)=O)OC(COC(C)=O)C(OC(C)=O)C1OC(C)=O. The molecule has 276 valence electrons. The number of aliphatic hydroxyl groups excluding tert-OH is 1. The number of aliphatic hydroxyl groups is 1. The minimum atomic E-state index is -2.02. The molecule has 2 saturated heterocycles. The molecule has 2 aliphatic rings. The molecule has 0 aromatic carbocycles. The van der Waals surface area contributed by atoms with Gasteiger partial charge in [-0.1, -0.05) is 0 Å². The Morgan fingerprint density at radius 2 is 1.10 bits per heavy atom. The maximum Gasteiger partial charge on any atom is 0.303 e. The molecule has 2 fully saturated rings. The zero-order chi connectivity index (χ0) is 37.2. The molecular weight excluding hydrogens is 666 g/mol. The average Bonchev–Trinajstić information content (AvgIpc) is 2.94. The van der Waals surface area contributed by atoms with Crippen LogP contribution in [0.5, 0.6) is 0 Å². The van der Waals surface area contributed by atoms with Gasteiger partial charge < -0.3 is 57.8 Å². The molecule has 49 heavy (non-hydrogen) atoms. The molecule has 2 N–H and O–H groups in total. The van der Waals surface area contributed by atoms with Gasteiger partial charge in [0.2, 0.25) is 5.91 Å². The number of nitrogens with one attached hydrogen (secondary N) is 1. The predicted octanol–water partition coefficient (Wildman–Crippen LogP) is -1.90. The lowest BCUT2D eigenvalue weighted by atomic mass is 9.94. The van der Waals surface area contributed by atoms with Crippen LogP contribution < -0.4 is 5.32 Å². The van der Waals surface area contributed by atoms with Crippen molar-refractivity contribution in [1.82, 2.24) is 5.32 Å². The number of hydrogen-bond donors (Lipinski definition) is 2. The molecule has 11 unspecified atom stereocenters. The summed E-state index contributed by atoms with van der Waals surface area (Å²) in [6.45, 7) is 7.02. The minimum absolute atomic E-state index is 0.543. The smallest absolute Gasteiger partial charge is 0.303 e. The van der Waals surface area contributed by atoms with Crippen molar-refractivity contribution < 1.29 is 90.8 Å². The highest BCUT2D eigenvalue weighted by atomic mass is 16.7. The fourth-order valence-electron chi connectivity index (χ4n) is 5.15. The van der Waals surface area contributed by atoms with Gasteiger partial charge >= 0.3 is 41.8 Å². The molecular formula is C29H41NO19. The Labute approximate surface area is 280 Å². The van der Waals surface area contributed by atoms with E-state index in [9.17, 15) is 43.5 Å². The zero-order valence-electron chi connectivity index (χ0n) is 28.1. The maximum atomic E-state index is 12.3. The molecule has 0 spiro atoms. The predicted molar refractivity (Wildman–Crippen MR) is 153 cm³/mol. The highest BCUT2D eigenvalue weighted by Crippen LogP contribution is 2.32. The third kappa shape index (κ3) is 12.5. The Kier molecular flexibility index (Phi) is 15.3. The van der Waals surface area contributed by atoms with E-state index in [-0.39, 0.29) is 0 Å². The van der Waals surface area contributed by atoms with Crippen LogP contribution in [0.25, 0.3) is 0 Å². The van der Waals surface area contributed by atoms with Crippen LogP contribution in [-0.4, -0.2) is 133 Å². The van der Waals surface area contributed by atoms with Gasteiger partial charge in [0.05, 0.1) is 6.61 Å². The Morgan fingerprint density at radius 3 is 1.59 bits per heavy atom. The first-order chi connectivity index (χ1) is 22.8. The van der Waals surface area contributed by atoms with Crippen molar-refractivity contribution in [3.63, 3.8) is 0 Å². The molecule has 2 heterocycles. The van der Waals surface area contributed by atoms with Crippen molar-refractivity contribution in [2.24, 2.45) is 0 Å². The van der Waals surface area contributed by atoms with Crippen LogP contribution in [0, 0.1) is 0 Å². The summed E-state index contributed by atoms with van der Waals surface area (Å²) in [7, 11) is 0. The molecule has 0 aromatic heterocycles. The van der Waals surface area contributed by atoms with E-state index in [4.69, 9.17) is 47.4 Å². The lowest BCUT2D eigenvalue weighted by Crippen LogP contribution is -2.67. The van der Waals surface area contributed by atoms with Crippen LogP contribution in [0.2, 0.25) is 0 Å². The topological polar surface area (TPSA) is 261 Å². The Bertz CT molecular complexity index is 1250. The second kappa shape index (κ2) is 18.4. The number of carbonyl (C=O) groups is 8. The van der Waals surface area contributed by atoms with Gasteiger partial charge in [-0.15, -0.1) is 0 Å². The van der Waals surface area contributed by atoms with Crippen molar-refractivity contribution in [2.75, 3.05) is 13.2 Å². The zero-order valence-corrected chi connectivity index (χ0v) is 28.1. The van der Waals surface area contributed by atoms with Gasteiger partial charge in [-0.05, 0) is 0 Å². The standard InChI is InChI=1S/C29H41NO19/c1-11(31)30-21-24(44-15(5)35)22(43-14(4)34)20(9-40-12(2)32)48-29(21)41-10-19(42-13(3)33)23-25(45-16(6)36)26(46-17(7)37)27(28(39)49-23)47-18(8)38/h19-29,39H,9-10H2,1-8H3,(H,30,31). The quantitative estimate of drug-likeness (QED) is 0.156. The second-order valence-corrected chi connectivity index (χ2v) is 10.9. The van der Waals surface area contributed by atoms with Crippen LogP contribution >= 0.6 is 0 Å². The van der Waals surface area contributed by atoms with Gasteiger partial charge in [0, 0.05) is 55.4 Å². The van der Waals surface area contributed by atoms with Gasteiger partial charge in [0.15, 0.2) is 49.2 Å². The van der Waals surface area contributed by atoms with E-state index in [0.717, 1.165) is 55.4 Å². The number of amides is 1. The van der Waals surface area contributed by atoms with Crippen LogP contribution in [0.1, 0.15) is 55.4 Å². The number of carbonyl (C=O) groups excluding carboxylic acids is 8. The van der Waals surface area contributed by atoms with Crippen molar-refractivity contribution in [1.29, 1.82) is 0 Å². The summed E-state index contributed by atoms with van der Waals surface area (Å²) >= 11 is 0. The van der Waals surface area contributed by atoms with Gasteiger partial charge in [-0.25, -0.2) is 0 Å². The highest BCUT2D eigenvalue weighted by molar-refractivity contribution is 5.74. The van der Waals surface area contributed by atoms with Crippen LogP contribution in [0.4, 0.5) is 0 Å². The Balaban J connectivity index is 2.58. The molecule has 0 bridgehead atoms. The second-order valence-electron chi connectivity index (χ2n) is 10.9. The van der Waals surface area contributed by atoms with Crippen LogP contribution in [0.15, 0.2) is 0 Å². The van der Waals surface area contributed by atoms with E-state index < -0.39 is 128 Å². The molecule has 1 amide bonds. The minimum Gasteiger partial charge on any atom is -0.463 e. The molecule has 20 nitrogen and oxygen atoms in total. The fraction of sp³-hybridized carbons (Fsp3) is 0.724. The van der Waals surface area contributed by atoms with Crippen molar-refractivity contribution >= 4 is 47.7 Å². The van der Waals surface area contributed by atoms with Gasteiger partial charge in [-0.3, -0.25) is 38.4 Å². The molecule has 0 saturated carbocycles. The van der Waals surface area contributed by atoms with E-state index >= 15 is 0 Å². The normalized spacial score (nSPS) is 30.0. The number of esters is 7. The van der Waals surface area contributed by atoms with E-state index in [1.165, 1.54) is 0 Å². The summed E-state index contributed by atoms with van der Waals surface area (Å²) in [4.78, 5) is 96.3. The third-order valence-electron chi connectivity index (χ3n) is 6.63. The average molecular weight is 708 g/mol. The number of ether oxygens (including phenoxy) is 10. The van der Waals surface area contributed by atoms with Crippen LogP contribution in [0.3, 0.4) is 0 Å². The lowest BCUT2D eigenvalue weighted by molar-refractivity contribution is -0.315. The molecule has 2 rings (SSSR count). The Hall–Kier alpha value is -4.40. The number of hydrogen-bond acceptors (Lipinski definition) is 19. The highest BCUT2D eigenvalue weighted by Gasteiger charge is 2.56. The van der Waals surface area contributed by atoms with Crippen molar-refractivity contribution in [3.05, 3.63) is 0 Å². The van der Waals surface area contributed by atoms with Crippen molar-refractivity contribution in [2.45, 2.75) is 123 Å². The van der Waals surface area contributed by atoms with Crippen molar-refractivity contribution in [3.8, 4) is 0 Å². The first-order valence-electron chi connectivity index (χ1n) is 14.8. The summed E-state index contributed by atoms with van der Waals surface area (Å²) in [6.07, 6.45) is -16.3. The third-order valence-corrected chi connectivity index (χ3v) is 6.63. The lowest BCUT2D eigenvalue weighted by Gasteiger charge is -2.46. The summed E-state index contributed by atoms with van der Waals surface area (Å²) in [6, 6.07) is -1.42. The molecule has 0 aromatic rings.